The van der Waals surface area contributed by atoms with Crippen LogP contribution in [0.4, 0.5) is 0 Å². The second-order valence-corrected chi connectivity index (χ2v) is 4.76. The molecule has 0 aliphatic carbocycles. The fourth-order valence-corrected chi connectivity index (χ4v) is 2.21. The van der Waals surface area contributed by atoms with Gasteiger partial charge in [0.1, 0.15) is 5.69 Å². The lowest BCUT2D eigenvalue weighted by molar-refractivity contribution is 0.722. The predicted octanol–water partition coefficient (Wildman–Crippen LogP) is 2.46. The largest absolute Gasteiger partial charge is 0.294 e. The van der Waals surface area contributed by atoms with Crippen LogP contribution in [0.3, 0.4) is 0 Å². The summed E-state index contributed by atoms with van der Waals surface area (Å²) in [6, 6.07) is 10.1. The Kier molecular flexibility index (Phi) is 3.39. The Morgan fingerprint density at radius 3 is 2.65 bits per heavy atom. The van der Waals surface area contributed by atoms with Crippen molar-refractivity contribution in [2.45, 2.75) is 6.54 Å². The van der Waals surface area contributed by atoms with E-state index in [9.17, 15) is 0 Å². The fourth-order valence-electron chi connectivity index (χ4n) is 2.02. The third-order valence-corrected chi connectivity index (χ3v) is 3.47. The number of aromatic nitrogens is 5. The highest BCUT2D eigenvalue weighted by Gasteiger charge is 2.12. The Labute approximate surface area is 121 Å². The van der Waals surface area contributed by atoms with E-state index in [2.05, 4.69) is 27.2 Å². The summed E-state index contributed by atoms with van der Waals surface area (Å²) in [6.45, 7) is 0.666. The molecule has 3 rings (SSSR count). The Hall–Kier alpha value is -2.34. The Morgan fingerprint density at radius 2 is 1.95 bits per heavy atom. The molecule has 0 N–H and O–H groups in total. The third kappa shape index (κ3) is 2.37. The van der Waals surface area contributed by atoms with Crippen LogP contribution in [0.1, 0.15) is 5.56 Å². The molecule has 2 heterocycles. The van der Waals surface area contributed by atoms with E-state index >= 15 is 0 Å². The Balaban J connectivity index is 2.09. The molecule has 0 aliphatic heterocycles. The zero-order valence-corrected chi connectivity index (χ0v) is 11.8. The number of rotatable bonds is 3. The number of benzene rings is 1. The minimum absolute atomic E-state index is 0.662. The van der Waals surface area contributed by atoms with Gasteiger partial charge in [0.05, 0.1) is 12.7 Å². The smallest absolute Gasteiger partial charge is 0.198 e. The van der Waals surface area contributed by atoms with Crippen LogP contribution < -0.4 is 0 Å². The lowest BCUT2D eigenvalue weighted by Crippen LogP contribution is -2.03. The molecule has 0 radical (unpaired) electrons. The van der Waals surface area contributed by atoms with Gasteiger partial charge in [-0.25, -0.2) is 9.67 Å². The van der Waals surface area contributed by atoms with Gasteiger partial charge in [0.25, 0.3) is 0 Å². The Bertz CT molecular complexity index is 761. The maximum atomic E-state index is 5.43. The van der Waals surface area contributed by atoms with E-state index in [1.165, 1.54) is 5.56 Å². The number of nitrogens with zero attached hydrogens (tertiary/aromatic N) is 5. The van der Waals surface area contributed by atoms with E-state index in [0.717, 1.165) is 11.5 Å². The predicted molar refractivity (Wildman–Crippen MR) is 78.6 cm³/mol. The van der Waals surface area contributed by atoms with Crippen LogP contribution in [0.5, 0.6) is 0 Å². The molecule has 5 nitrogen and oxygen atoms in total. The quantitative estimate of drug-likeness (QED) is 0.693. The van der Waals surface area contributed by atoms with Crippen molar-refractivity contribution in [3.05, 3.63) is 59.3 Å². The van der Waals surface area contributed by atoms with Crippen LogP contribution in [-0.2, 0) is 13.6 Å². The zero-order valence-electron chi connectivity index (χ0n) is 11.0. The van der Waals surface area contributed by atoms with Crippen molar-refractivity contribution in [2.24, 2.45) is 7.05 Å². The molecule has 0 spiro atoms. The van der Waals surface area contributed by atoms with Gasteiger partial charge in [-0.1, -0.05) is 30.3 Å². The molecule has 0 atom stereocenters. The molecule has 0 bridgehead atoms. The van der Waals surface area contributed by atoms with E-state index in [-0.39, 0.29) is 0 Å². The first-order valence-electron chi connectivity index (χ1n) is 6.20. The molecule has 100 valence electrons. The van der Waals surface area contributed by atoms with Crippen LogP contribution in [-0.4, -0.2) is 24.3 Å². The SMILES string of the molecule is Cn1nc(-c2cnccn2)n(Cc2ccccc2)c1=S. The molecule has 0 saturated carbocycles. The van der Waals surface area contributed by atoms with Gasteiger partial charge in [-0.15, -0.1) is 0 Å². The van der Waals surface area contributed by atoms with E-state index in [1.807, 2.05) is 29.8 Å². The fraction of sp³-hybridized carbons (Fsp3) is 0.143. The maximum Gasteiger partial charge on any atom is 0.198 e. The van der Waals surface area contributed by atoms with Gasteiger partial charge in [0, 0.05) is 19.4 Å². The van der Waals surface area contributed by atoms with Crippen molar-refractivity contribution in [3.8, 4) is 11.5 Å². The second-order valence-electron chi connectivity index (χ2n) is 4.39. The first-order valence-corrected chi connectivity index (χ1v) is 6.60. The highest BCUT2D eigenvalue weighted by atomic mass is 32.1. The van der Waals surface area contributed by atoms with Gasteiger partial charge in [-0.05, 0) is 17.8 Å². The van der Waals surface area contributed by atoms with Gasteiger partial charge in [-0.3, -0.25) is 9.55 Å². The van der Waals surface area contributed by atoms with Crippen LogP contribution in [0.15, 0.2) is 48.9 Å². The minimum atomic E-state index is 0.662. The summed E-state index contributed by atoms with van der Waals surface area (Å²) < 4.78 is 4.31. The second kappa shape index (κ2) is 5.34. The average Bonchev–Trinajstić information content (AvgIpc) is 2.78. The highest BCUT2D eigenvalue weighted by Crippen LogP contribution is 2.16. The number of hydrogen-bond acceptors (Lipinski definition) is 4. The monoisotopic (exact) mass is 283 g/mol. The topological polar surface area (TPSA) is 48.5 Å². The summed E-state index contributed by atoms with van der Waals surface area (Å²) >= 11 is 5.43. The summed E-state index contributed by atoms with van der Waals surface area (Å²) in [7, 11) is 1.84. The van der Waals surface area contributed by atoms with Gasteiger partial charge < -0.3 is 0 Å². The third-order valence-electron chi connectivity index (χ3n) is 2.98. The van der Waals surface area contributed by atoms with Gasteiger partial charge in [-0.2, -0.15) is 5.10 Å². The highest BCUT2D eigenvalue weighted by molar-refractivity contribution is 7.71. The van der Waals surface area contributed by atoms with Crippen molar-refractivity contribution in [1.82, 2.24) is 24.3 Å². The van der Waals surface area contributed by atoms with Crippen molar-refractivity contribution in [1.29, 1.82) is 0 Å². The van der Waals surface area contributed by atoms with Crippen LogP contribution in [0.2, 0.25) is 0 Å². The van der Waals surface area contributed by atoms with E-state index in [4.69, 9.17) is 12.2 Å². The molecule has 20 heavy (non-hydrogen) atoms. The molecule has 0 saturated heterocycles. The maximum absolute atomic E-state index is 5.43. The van der Waals surface area contributed by atoms with Gasteiger partial charge in [0.2, 0.25) is 0 Å². The first kappa shape index (κ1) is 12.7. The summed E-state index contributed by atoms with van der Waals surface area (Å²) in [4.78, 5) is 8.39. The molecule has 0 aliphatic rings. The lowest BCUT2D eigenvalue weighted by Gasteiger charge is -2.06. The number of aryl methyl sites for hydroxylation is 1. The molecule has 6 heteroatoms. The standard InChI is InChI=1S/C14H13N5S/c1-18-14(20)19(10-11-5-3-2-4-6-11)13(17-18)12-9-15-7-8-16-12/h2-9H,10H2,1H3. The van der Waals surface area contributed by atoms with Gasteiger partial charge >= 0.3 is 0 Å². The molecule has 1 aromatic carbocycles. The summed E-state index contributed by atoms with van der Waals surface area (Å²) in [5, 5.41) is 4.45. The van der Waals surface area contributed by atoms with Crippen molar-refractivity contribution >= 4 is 12.2 Å². The number of hydrogen-bond donors (Lipinski definition) is 0. The minimum Gasteiger partial charge on any atom is -0.294 e. The van der Waals surface area contributed by atoms with Crippen LogP contribution >= 0.6 is 12.2 Å². The Morgan fingerprint density at radius 1 is 1.15 bits per heavy atom. The van der Waals surface area contributed by atoms with E-state index < -0.39 is 0 Å². The molecule has 0 fully saturated rings. The van der Waals surface area contributed by atoms with Crippen LogP contribution in [0, 0.1) is 4.77 Å². The lowest BCUT2D eigenvalue weighted by atomic mass is 10.2. The molecule has 2 aromatic heterocycles. The molecule has 0 amide bonds. The van der Waals surface area contributed by atoms with Gasteiger partial charge in [0.15, 0.2) is 10.6 Å². The summed E-state index contributed by atoms with van der Waals surface area (Å²) in [6.07, 6.45) is 4.99. The van der Waals surface area contributed by atoms with Crippen molar-refractivity contribution < 1.29 is 0 Å². The first-order chi connectivity index (χ1) is 9.75. The molecule has 0 unspecified atom stereocenters. The normalized spacial score (nSPS) is 10.7. The van der Waals surface area contributed by atoms with Crippen molar-refractivity contribution in [2.75, 3.05) is 0 Å². The molecular weight excluding hydrogens is 270 g/mol. The average molecular weight is 283 g/mol. The van der Waals surface area contributed by atoms with Crippen LogP contribution in [0.25, 0.3) is 11.5 Å². The molecular formula is C14H13N5S. The van der Waals surface area contributed by atoms with E-state index in [0.29, 0.717) is 11.3 Å². The summed E-state index contributed by atoms with van der Waals surface area (Å²) in [5.41, 5.74) is 1.89. The zero-order chi connectivity index (χ0) is 13.9. The van der Waals surface area contributed by atoms with Crippen molar-refractivity contribution in [3.63, 3.8) is 0 Å². The summed E-state index contributed by atoms with van der Waals surface area (Å²) in [5.74, 6) is 0.731. The molecule has 3 aromatic rings. The van der Waals surface area contributed by atoms with E-state index in [1.54, 1.807) is 23.3 Å².